The molecule has 3 rings (SSSR count). The van der Waals surface area contributed by atoms with E-state index in [2.05, 4.69) is 74.9 Å². The Morgan fingerprint density at radius 3 is 2.29 bits per heavy atom. The molecule has 0 bridgehead atoms. The average molecular weight is 483 g/mol. The van der Waals surface area contributed by atoms with E-state index in [1.807, 2.05) is 23.1 Å². The number of nitrogens with zero attached hydrogens (tertiary/aromatic N) is 3. The van der Waals surface area contributed by atoms with Crippen molar-refractivity contribution in [2.45, 2.75) is 53.6 Å². The summed E-state index contributed by atoms with van der Waals surface area (Å²) in [6, 6.07) is 12.9. The van der Waals surface area contributed by atoms with E-state index in [4.69, 9.17) is 9.47 Å². The molecule has 1 fully saturated rings. The minimum absolute atomic E-state index is 0.0903. The lowest BCUT2D eigenvalue weighted by atomic mass is 10.1. The van der Waals surface area contributed by atoms with Gasteiger partial charge in [-0.1, -0.05) is 12.1 Å². The maximum Gasteiger partial charge on any atom is 0.321 e. The van der Waals surface area contributed by atoms with Crippen molar-refractivity contribution in [1.29, 1.82) is 0 Å². The fraction of sp³-hybridized carbons (Fsp3) is 0.536. The van der Waals surface area contributed by atoms with E-state index in [1.165, 1.54) is 16.8 Å². The van der Waals surface area contributed by atoms with Crippen LogP contribution in [0, 0.1) is 13.8 Å². The molecule has 0 aromatic heterocycles. The second-order valence-corrected chi connectivity index (χ2v) is 9.83. The number of methoxy groups -OCH3 is 1. The van der Waals surface area contributed by atoms with Crippen LogP contribution < -0.4 is 19.7 Å². The van der Waals surface area contributed by atoms with Gasteiger partial charge in [-0.25, -0.2) is 4.79 Å². The van der Waals surface area contributed by atoms with E-state index >= 15 is 0 Å². The third kappa shape index (κ3) is 7.04. The number of carbonyl (C=O) groups excluding carboxylic acids is 1. The van der Waals surface area contributed by atoms with Crippen LogP contribution in [0.2, 0.25) is 0 Å². The average Bonchev–Trinajstić information content (AvgIpc) is 2.83. The van der Waals surface area contributed by atoms with Crippen molar-refractivity contribution >= 4 is 17.4 Å². The van der Waals surface area contributed by atoms with Crippen molar-refractivity contribution < 1.29 is 14.3 Å². The zero-order valence-electron chi connectivity index (χ0n) is 22.4. The molecule has 0 aliphatic carbocycles. The van der Waals surface area contributed by atoms with Gasteiger partial charge in [0.1, 0.15) is 6.61 Å². The van der Waals surface area contributed by atoms with Gasteiger partial charge in [0.05, 0.1) is 7.11 Å². The highest BCUT2D eigenvalue weighted by molar-refractivity contribution is 5.90. The van der Waals surface area contributed by atoms with Crippen molar-refractivity contribution in [2.24, 2.45) is 0 Å². The Kier molecular flexibility index (Phi) is 9.26. The van der Waals surface area contributed by atoms with Crippen LogP contribution in [0.5, 0.6) is 11.5 Å². The van der Waals surface area contributed by atoms with E-state index in [9.17, 15) is 4.79 Å². The Hall–Kier alpha value is -2.93. The standard InChI is InChI=1S/C28H42N4O3/c1-20(2)32(21(3)4)16-17-35-27-19-24(10-11-26(27)34-7)29-28(33)31-14-12-30(13-15-31)25-18-22(5)8-9-23(25)6/h8-11,18-21H,12-17H2,1-7H3,(H,29,33). The number of rotatable bonds is 9. The molecule has 2 amide bonds. The Labute approximate surface area is 211 Å². The predicted octanol–water partition coefficient (Wildman–Crippen LogP) is 5.16. The van der Waals surface area contributed by atoms with Crippen LogP contribution >= 0.6 is 0 Å². The maximum absolute atomic E-state index is 13.0. The molecule has 2 aromatic rings. The Morgan fingerprint density at radius 1 is 0.971 bits per heavy atom. The number of urea groups is 1. The number of nitrogens with one attached hydrogen (secondary N) is 1. The SMILES string of the molecule is COc1ccc(NC(=O)N2CCN(c3cc(C)ccc3C)CC2)cc1OCCN(C(C)C)C(C)C. The summed E-state index contributed by atoms with van der Waals surface area (Å²) in [6.45, 7) is 17.4. The van der Waals surface area contributed by atoms with Crippen molar-refractivity contribution in [3.63, 3.8) is 0 Å². The zero-order chi connectivity index (χ0) is 25.5. The summed E-state index contributed by atoms with van der Waals surface area (Å²) in [6.07, 6.45) is 0. The minimum atomic E-state index is -0.0903. The molecule has 1 aliphatic rings. The topological polar surface area (TPSA) is 57.3 Å². The summed E-state index contributed by atoms with van der Waals surface area (Å²) in [4.78, 5) is 19.6. The summed E-state index contributed by atoms with van der Waals surface area (Å²) in [5, 5.41) is 3.04. The second-order valence-electron chi connectivity index (χ2n) is 9.83. The quantitative estimate of drug-likeness (QED) is 0.535. The molecular weight excluding hydrogens is 440 g/mol. The van der Waals surface area contributed by atoms with E-state index < -0.39 is 0 Å². The first-order valence-corrected chi connectivity index (χ1v) is 12.6. The Balaban J connectivity index is 1.58. The number of amides is 2. The molecule has 0 spiro atoms. The number of anilines is 2. The van der Waals surface area contributed by atoms with Crippen molar-refractivity contribution in [1.82, 2.24) is 9.80 Å². The number of benzene rings is 2. The van der Waals surface area contributed by atoms with Crippen LogP contribution in [0.25, 0.3) is 0 Å². The van der Waals surface area contributed by atoms with Gasteiger partial charge >= 0.3 is 6.03 Å². The van der Waals surface area contributed by atoms with E-state index in [1.54, 1.807) is 7.11 Å². The zero-order valence-corrected chi connectivity index (χ0v) is 22.4. The number of hydrogen-bond acceptors (Lipinski definition) is 5. The third-order valence-corrected chi connectivity index (χ3v) is 6.62. The van der Waals surface area contributed by atoms with Crippen molar-refractivity contribution in [2.75, 3.05) is 56.7 Å². The molecule has 7 nitrogen and oxygen atoms in total. The molecule has 7 heteroatoms. The lowest BCUT2D eigenvalue weighted by molar-refractivity contribution is 0.140. The third-order valence-electron chi connectivity index (χ3n) is 6.62. The van der Waals surface area contributed by atoms with Gasteiger partial charge in [0, 0.05) is 62.2 Å². The van der Waals surface area contributed by atoms with E-state index in [-0.39, 0.29) is 6.03 Å². The molecule has 0 saturated carbocycles. The van der Waals surface area contributed by atoms with Crippen LogP contribution in [-0.2, 0) is 0 Å². The van der Waals surface area contributed by atoms with Crippen molar-refractivity contribution in [3.8, 4) is 11.5 Å². The summed E-state index contributed by atoms with van der Waals surface area (Å²) >= 11 is 0. The Morgan fingerprint density at radius 2 is 1.66 bits per heavy atom. The molecule has 2 aromatic carbocycles. The normalized spacial score (nSPS) is 14.1. The summed E-state index contributed by atoms with van der Waals surface area (Å²) in [5.41, 5.74) is 4.48. The van der Waals surface area contributed by atoms with Gasteiger partial charge in [-0.05, 0) is 70.9 Å². The molecule has 1 N–H and O–H groups in total. The maximum atomic E-state index is 13.0. The van der Waals surface area contributed by atoms with Gasteiger partial charge in [0.2, 0.25) is 0 Å². The summed E-state index contributed by atoms with van der Waals surface area (Å²) < 4.78 is 11.6. The first kappa shape index (κ1) is 26.7. The monoisotopic (exact) mass is 482 g/mol. The molecule has 0 unspecified atom stereocenters. The van der Waals surface area contributed by atoms with Gasteiger partial charge < -0.3 is 24.6 Å². The van der Waals surface area contributed by atoms with Gasteiger partial charge in [-0.3, -0.25) is 4.90 Å². The van der Waals surface area contributed by atoms with Crippen LogP contribution in [-0.4, -0.2) is 74.4 Å². The van der Waals surface area contributed by atoms with E-state index in [0.29, 0.717) is 49.0 Å². The Bertz CT molecular complexity index is 976. The van der Waals surface area contributed by atoms with Crippen LogP contribution in [0.3, 0.4) is 0 Å². The van der Waals surface area contributed by atoms with Gasteiger partial charge in [-0.2, -0.15) is 0 Å². The summed E-state index contributed by atoms with van der Waals surface area (Å²) in [5.74, 6) is 1.29. The van der Waals surface area contributed by atoms with Gasteiger partial charge in [0.15, 0.2) is 11.5 Å². The fourth-order valence-electron chi connectivity index (χ4n) is 4.65. The molecule has 0 atom stereocenters. The number of piperazine rings is 1. The highest BCUT2D eigenvalue weighted by Crippen LogP contribution is 2.30. The highest BCUT2D eigenvalue weighted by atomic mass is 16.5. The smallest absolute Gasteiger partial charge is 0.321 e. The predicted molar refractivity (Wildman–Crippen MR) is 144 cm³/mol. The molecule has 1 heterocycles. The van der Waals surface area contributed by atoms with Crippen LogP contribution in [0.15, 0.2) is 36.4 Å². The number of ether oxygens (including phenoxy) is 2. The first-order valence-electron chi connectivity index (χ1n) is 12.6. The van der Waals surface area contributed by atoms with E-state index in [0.717, 1.165) is 19.6 Å². The van der Waals surface area contributed by atoms with Crippen molar-refractivity contribution in [3.05, 3.63) is 47.5 Å². The molecule has 35 heavy (non-hydrogen) atoms. The van der Waals surface area contributed by atoms with Crippen LogP contribution in [0.4, 0.5) is 16.2 Å². The molecule has 192 valence electrons. The number of carbonyl (C=O) groups is 1. The van der Waals surface area contributed by atoms with Crippen LogP contribution in [0.1, 0.15) is 38.8 Å². The highest BCUT2D eigenvalue weighted by Gasteiger charge is 2.23. The fourth-order valence-corrected chi connectivity index (χ4v) is 4.65. The summed E-state index contributed by atoms with van der Waals surface area (Å²) in [7, 11) is 1.63. The molecule has 1 saturated heterocycles. The lowest BCUT2D eigenvalue weighted by Gasteiger charge is -2.37. The molecule has 0 radical (unpaired) electrons. The first-order chi connectivity index (χ1) is 16.7. The van der Waals surface area contributed by atoms with Gasteiger partial charge in [0.25, 0.3) is 0 Å². The number of hydrogen-bond donors (Lipinski definition) is 1. The second kappa shape index (κ2) is 12.2. The lowest BCUT2D eigenvalue weighted by Crippen LogP contribution is -2.50. The molecular formula is C28H42N4O3. The minimum Gasteiger partial charge on any atom is -0.493 e. The largest absolute Gasteiger partial charge is 0.493 e. The van der Waals surface area contributed by atoms with Gasteiger partial charge in [-0.15, -0.1) is 0 Å². The number of aryl methyl sites for hydroxylation is 2. The molecule has 1 aliphatic heterocycles.